The fourth-order valence-corrected chi connectivity index (χ4v) is 3.43. The number of carbonyl (C=O) groups excluding carboxylic acids is 1. The van der Waals surface area contributed by atoms with E-state index in [1.165, 1.54) is 12.1 Å². The second-order valence-electron chi connectivity index (χ2n) is 6.01. The van der Waals surface area contributed by atoms with Gasteiger partial charge in [0.15, 0.2) is 0 Å². The molecule has 3 rings (SSSR count). The SMILES string of the molecule is CCN1CCN(C(=O)CCC2CCNC2)c2ccccc21. The molecule has 1 aromatic rings. The predicted octanol–water partition coefficient (Wildman–Crippen LogP) is 2.25. The number of nitrogens with zero attached hydrogens (tertiary/aromatic N) is 2. The van der Waals surface area contributed by atoms with Crippen LogP contribution >= 0.6 is 0 Å². The second-order valence-corrected chi connectivity index (χ2v) is 6.01. The number of likely N-dealkylation sites (N-methyl/N-ethyl adjacent to an activating group) is 1. The third kappa shape index (κ3) is 3.05. The Labute approximate surface area is 127 Å². The number of nitrogens with one attached hydrogen (secondary N) is 1. The molecule has 1 saturated heterocycles. The van der Waals surface area contributed by atoms with Crippen LogP contribution in [0.3, 0.4) is 0 Å². The summed E-state index contributed by atoms with van der Waals surface area (Å²) < 4.78 is 0. The molecule has 2 aliphatic heterocycles. The smallest absolute Gasteiger partial charge is 0.227 e. The van der Waals surface area contributed by atoms with Crippen LogP contribution in [0.25, 0.3) is 0 Å². The van der Waals surface area contributed by atoms with Gasteiger partial charge in [-0.15, -0.1) is 0 Å². The van der Waals surface area contributed by atoms with Gasteiger partial charge >= 0.3 is 0 Å². The highest BCUT2D eigenvalue weighted by Gasteiger charge is 2.26. The first-order valence-electron chi connectivity index (χ1n) is 8.14. The monoisotopic (exact) mass is 287 g/mol. The molecule has 1 N–H and O–H groups in total. The highest BCUT2D eigenvalue weighted by molar-refractivity contribution is 5.97. The third-order valence-corrected chi connectivity index (χ3v) is 4.72. The van der Waals surface area contributed by atoms with Gasteiger partial charge in [-0.1, -0.05) is 12.1 Å². The fourth-order valence-electron chi connectivity index (χ4n) is 3.43. The van der Waals surface area contributed by atoms with Crippen molar-refractivity contribution in [2.75, 3.05) is 42.5 Å². The number of benzene rings is 1. The summed E-state index contributed by atoms with van der Waals surface area (Å²) in [5, 5.41) is 3.37. The zero-order valence-corrected chi connectivity index (χ0v) is 12.8. The minimum Gasteiger partial charge on any atom is -0.368 e. The van der Waals surface area contributed by atoms with Crippen LogP contribution in [0.4, 0.5) is 11.4 Å². The van der Waals surface area contributed by atoms with Crippen LogP contribution in [0.15, 0.2) is 24.3 Å². The molecule has 0 aromatic heterocycles. The molecule has 2 heterocycles. The number of para-hydroxylation sites is 2. The molecule has 21 heavy (non-hydrogen) atoms. The minimum absolute atomic E-state index is 0.283. The number of rotatable bonds is 4. The summed E-state index contributed by atoms with van der Waals surface area (Å²) in [6, 6.07) is 8.28. The molecule has 1 aromatic carbocycles. The van der Waals surface area contributed by atoms with Crippen LogP contribution < -0.4 is 15.1 Å². The maximum atomic E-state index is 12.6. The van der Waals surface area contributed by atoms with Crippen LogP contribution in [0.1, 0.15) is 26.2 Å². The van der Waals surface area contributed by atoms with Crippen LogP contribution in [0.5, 0.6) is 0 Å². The first-order valence-corrected chi connectivity index (χ1v) is 8.14. The lowest BCUT2D eigenvalue weighted by Gasteiger charge is -2.37. The van der Waals surface area contributed by atoms with Gasteiger partial charge in [0.25, 0.3) is 0 Å². The van der Waals surface area contributed by atoms with E-state index in [1.54, 1.807) is 0 Å². The second kappa shape index (κ2) is 6.48. The molecule has 0 spiro atoms. The lowest BCUT2D eigenvalue weighted by molar-refractivity contribution is -0.118. The van der Waals surface area contributed by atoms with E-state index in [-0.39, 0.29) is 5.91 Å². The molecule has 1 amide bonds. The number of carbonyl (C=O) groups is 1. The number of hydrogen-bond acceptors (Lipinski definition) is 3. The molecule has 2 aliphatic rings. The molecule has 1 atom stereocenters. The van der Waals surface area contributed by atoms with Gasteiger partial charge in [0.1, 0.15) is 0 Å². The molecule has 0 aliphatic carbocycles. The van der Waals surface area contributed by atoms with Crippen molar-refractivity contribution in [2.24, 2.45) is 5.92 Å². The molecule has 4 heteroatoms. The Bertz CT molecular complexity index is 497. The van der Waals surface area contributed by atoms with Crippen LogP contribution in [-0.4, -0.2) is 38.6 Å². The molecule has 0 saturated carbocycles. The van der Waals surface area contributed by atoms with Crippen molar-refractivity contribution in [3.63, 3.8) is 0 Å². The largest absolute Gasteiger partial charge is 0.368 e. The van der Waals surface area contributed by atoms with Crippen molar-refractivity contribution in [3.8, 4) is 0 Å². The molecule has 1 unspecified atom stereocenters. The highest BCUT2D eigenvalue weighted by Crippen LogP contribution is 2.33. The molecule has 0 radical (unpaired) electrons. The van der Waals surface area contributed by atoms with E-state index in [9.17, 15) is 4.79 Å². The number of anilines is 2. The van der Waals surface area contributed by atoms with Gasteiger partial charge in [0.05, 0.1) is 11.4 Å². The van der Waals surface area contributed by atoms with Crippen molar-refractivity contribution in [1.29, 1.82) is 0 Å². The topological polar surface area (TPSA) is 35.6 Å². The zero-order chi connectivity index (χ0) is 14.7. The van der Waals surface area contributed by atoms with E-state index < -0.39 is 0 Å². The summed E-state index contributed by atoms with van der Waals surface area (Å²) in [6.45, 7) is 7.09. The molecule has 1 fully saturated rings. The van der Waals surface area contributed by atoms with Gasteiger partial charge in [0.2, 0.25) is 5.91 Å². The molecule has 0 bridgehead atoms. The van der Waals surface area contributed by atoms with Gasteiger partial charge in [-0.2, -0.15) is 0 Å². The van der Waals surface area contributed by atoms with Gasteiger partial charge in [-0.25, -0.2) is 0 Å². The normalized spacial score (nSPS) is 21.5. The van der Waals surface area contributed by atoms with Crippen molar-refractivity contribution in [1.82, 2.24) is 5.32 Å². The van der Waals surface area contributed by atoms with Crippen molar-refractivity contribution >= 4 is 17.3 Å². The average molecular weight is 287 g/mol. The first kappa shape index (κ1) is 14.4. The molecular formula is C17H25N3O. The standard InChI is InChI=1S/C17H25N3O/c1-2-19-11-12-20(16-6-4-3-5-15(16)19)17(21)8-7-14-9-10-18-13-14/h3-6,14,18H,2,7-13H2,1H3. The Balaban J connectivity index is 1.68. The maximum absolute atomic E-state index is 12.6. The van der Waals surface area contributed by atoms with Crippen molar-refractivity contribution < 1.29 is 4.79 Å². The maximum Gasteiger partial charge on any atom is 0.227 e. The fraction of sp³-hybridized carbons (Fsp3) is 0.588. The summed E-state index contributed by atoms with van der Waals surface area (Å²) in [6.07, 6.45) is 2.91. The number of hydrogen-bond donors (Lipinski definition) is 1. The van der Waals surface area contributed by atoms with Gasteiger partial charge in [0, 0.05) is 26.1 Å². The Hall–Kier alpha value is -1.55. The van der Waals surface area contributed by atoms with Crippen molar-refractivity contribution in [3.05, 3.63) is 24.3 Å². The van der Waals surface area contributed by atoms with Gasteiger partial charge in [-0.3, -0.25) is 4.79 Å². The minimum atomic E-state index is 0.283. The van der Waals surface area contributed by atoms with Gasteiger partial charge in [-0.05, 0) is 50.9 Å². The van der Waals surface area contributed by atoms with E-state index in [0.29, 0.717) is 12.3 Å². The Kier molecular flexibility index (Phi) is 4.44. The number of amides is 1. The lowest BCUT2D eigenvalue weighted by atomic mass is 10.0. The third-order valence-electron chi connectivity index (χ3n) is 4.72. The Morgan fingerprint density at radius 1 is 1.29 bits per heavy atom. The van der Waals surface area contributed by atoms with E-state index >= 15 is 0 Å². The Morgan fingerprint density at radius 2 is 2.10 bits per heavy atom. The van der Waals surface area contributed by atoms with Crippen LogP contribution in [0, 0.1) is 5.92 Å². The highest BCUT2D eigenvalue weighted by atomic mass is 16.2. The Morgan fingerprint density at radius 3 is 2.81 bits per heavy atom. The summed E-state index contributed by atoms with van der Waals surface area (Å²) in [7, 11) is 0. The lowest BCUT2D eigenvalue weighted by Crippen LogP contribution is -2.44. The van der Waals surface area contributed by atoms with Crippen LogP contribution in [-0.2, 0) is 4.79 Å². The number of fused-ring (bicyclic) bond motifs is 1. The summed E-state index contributed by atoms with van der Waals surface area (Å²) >= 11 is 0. The average Bonchev–Trinajstić information content (AvgIpc) is 3.05. The molecular weight excluding hydrogens is 262 g/mol. The first-order chi connectivity index (χ1) is 10.3. The molecule has 4 nitrogen and oxygen atoms in total. The van der Waals surface area contributed by atoms with Gasteiger partial charge < -0.3 is 15.1 Å². The van der Waals surface area contributed by atoms with E-state index in [0.717, 1.165) is 44.8 Å². The summed E-state index contributed by atoms with van der Waals surface area (Å²) in [5.74, 6) is 0.964. The quantitative estimate of drug-likeness (QED) is 0.922. The summed E-state index contributed by atoms with van der Waals surface area (Å²) in [4.78, 5) is 16.9. The summed E-state index contributed by atoms with van der Waals surface area (Å²) in [5.41, 5.74) is 2.28. The zero-order valence-electron chi connectivity index (χ0n) is 12.8. The molecule has 114 valence electrons. The van der Waals surface area contributed by atoms with Crippen molar-refractivity contribution in [2.45, 2.75) is 26.2 Å². The van der Waals surface area contributed by atoms with E-state index in [4.69, 9.17) is 0 Å². The van der Waals surface area contributed by atoms with E-state index in [2.05, 4.69) is 35.3 Å². The van der Waals surface area contributed by atoms with E-state index in [1.807, 2.05) is 11.0 Å². The predicted molar refractivity (Wildman–Crippen MR) is 86.9 cm³/mol. The van der Waals surface area contributed by atoms with Crippen LogP contribution in [0.2, 0.25) is 0 Å².